The highest BCUT2D eigenvalue weighted by atomic mass is 15.1. The van der Waals surface area contributed by atoms with Crippen LogP contribution in [0.2, 0.25) is 0 Å². The summed E-state index contributed by atoms with van der Waals surface area (Å²) in [6, 6.07) is 0. The molecule has 1 rings (SSSR count). The van der Waals surface area contributed by atoms with Gasteiger partial charge in [0.1, 0.15) is 5.82 Å². The number of rotatable bonds is 8. The number of unbranched alkanes of at least 4 members (excludes halogenated alkanes) is 2. The normalized spacial score (nSPS) is 11.4. The minimum absolute atomic E-state index is 0.298. The molecule has 0 saturated heterocycles. The third-order valence-electron chi connectivity index (χ3n) is 3.39. The fourth-order valence-corrected chi connectivity index (χ4v) is 2.01. The third-order valence-corrected chi connectivity index (χ3v) is 3.39. The molecule has 2 N–H and O–H groups in total. The van der Waals surface area contributed by atoms with Crippen LogP contribution in [0, 0.1) is 12.3 Å². The Labute approximate surface area is 117 Å². The van der Waals surface area contributed by atoms with E-state index >= 15 is 0 Å². The Kier molecular flexibility index (Phi) is 6.06. The Morgan fingerprint density at radius 2 is 2.00 bits per heavy atom. The maximum atomic E-state index is 4.46. The molecular formula is C15H28N4. The summed E-state index contributed by atoms with van der Waals surface area (Å²) in [5.41, 5.74) is 1.38. The molecule has 0 saturated carbocycles. The Bertz CT molecular complexity index is 388. The molecule has 0 aliphatic rings. The molecule has 0 amide bonds. The van der Waals surface area contributed by atoms with E-state index in [1.807, 2.05) is 20.2 Å². The molecule has 1 aromatic rings. The summed E-state index contributed by atoms with van der Waals surface area (Å²) in [6.07, 6.45) is 7.00. The topological polar surface area (TPSA) is 49.8 Å². The van der Waals surface area contributed by atoms with Gasteiger partial charge in [0.25, 0.3) is 0 Å². The Balaban J connectivity index is 2.55. The molecule has 0 atom stereocenters. The fourth-order valence-electron chi connectivity index (χ4n) is 2.01. The van der Waals surface area contributed by atoms with Gasteiger partial charge in [0.05, 0.1) is 0 Å². The van der Waals surface area contributed by atoms with Gasteiger partial charge in [-0.1, -0.05) is 40.0 Å². The second kappa shape index (κ2) is 7.31. The molecule has 1 aromatic heterocycles. The lowest BCUT2D eigenvalue weighted by Crippen LogP contribution is -2.24. The second-order valence-corrected chi connectivity index (χ2v) is 5.95. The number of nitrogens with one attached hydrogen (secondary N) is 2. The average Bonchev–Trinajstić information content (AvgIpc) is 2.38. The summed E-state index contributed by atoms with van der Waals surface area (Å²) < 4.78 is 0. The van der Waals surface area contributed by atoms with Crippen molar-refractivity contribution in [3.05, 3.63) is 11.8 Å². The smallest absolute Gasteiger partial charge is 0.224 e. The van der Waals surface area contributed by atoms with E-state index in [-0.39, 0.29) is 0 Å². The van der Waals surface area contributed by atoms with Crippen molar-refractivity contribution in [3.63, 3.8) is 0 Å². The SMILES string of the molecule is CCCCCC(C)(C)CNc1nc(NC)ncc1C. The molecule has 0 radical (unpaired) electrons. The van der Waals surface area contributed by atoms with Crippen molar-refractivity contribution in [2.75, 3.05) is 24.2 Å². The number of hydrogen-bond donors (Lipinski definition) is 2. The number of nitrogens with zero attached hydrogens (tertiary/aromatic N) is 2. The molecule has 4 nitrogen and oxygen atoms in total. The van der Waals surface area contributed by atoms with Crippen LogP contribution in [0.5, 0.6) is 0 Å². The molecule has 1 heterocycles. The molecule has 0 bridgehead atoms. The fraction of sp³-hybridized carbons (Fsp3) is 0.733. The Morgan fingerprint density at radius 3 is 2.63 bits per heavy atom. The quantitative estimate of drug-likeness (QED) is 0.700. The van der Waals surface area contributed by atoms with Crippen LogP contribution < -0.4 is 10.6 Å². The number of hydrogen-bond acceptors (Lipinski definition) is 4. The zero-order valence-corrected chi connectivity index (χ0v) is 13.0. The van der Waals surface area contributed by atoms with Gasteiger partial charge in [0.15, 0.2) is 0 Å². The molecule has 0 aliphatic carbocycles. The van der Waals surface area contributed by atoms with Gasteiger partial charge >= 0.3 is 0 Å². The first kappa shape index (κ1) is 15.7. The minimum Gasteiger partial charge on any atom is -0.369 e. The van der Waals surface area contributed by atoms with Gasteiger partial charge in [-0.15, -0.1) is 0 Å². The highest BCUT2D eigenvalue weighted by Gasteiger charge is 2.17. The van der Waals surface area contributed by atoms with Crippen LogP contribution in [0.3, 0.4) is 0 Å². The number of aromatic nitrogens is 2. The van der Waals surface area contributed by atoms with Gasteiger partial charge in [-0.25, -0.2) is 4.98 Å². The van der Waals surface area contributed by atoms with Gasteiger partial charge in [0, 0.05) is 25.4 Å². The van der Waals surface area contributed by atoms with E-state index in [9.17, 15) is 0 Å². The van der Waals surface area contributed by atoms with E-state index in [4.69, 9.17) is 0 Å². The van der Waals surface area contributed by atoms with Gasteiger partial charge in [-0.05, 0) is 18.8 Å². The first-order valence-corrected chi connectivity index (χ1v) is 7.24. The van der Waals surface area contributed by atoms with E-state index < -0.39 is 0 Å². The Morgan fingerprint density at radius 1 is 1.26 bits per heavy atom. The summed E-state index contributed by atoms with van der Waals surface area (Å²) in [7, 11) is 1.84. The molecule has 108 valence electrons. The summed E-state index contributed by atoms with van der Waals surface area (Å²) >= 11 is 0. The summed E-state index contributed by atoms with van der Waals surface area (Å²) in [5, 5.41) is 6.44. The zero-order valence-electron chi connectivity index (χ0n) is 13.0. The van der Waals surface area contributed by atoms with Crippen LogP contribution in [0.25, 0.3) is 0 Å². The van der Waals surface area contributed by atoms with Crippen molar-refractivity contribution in [2.45, 2.75) is 53.4 Å². The maximum absolute atomic E-state index is 4.46. The standard InChI is InChI=1S/C15H28N4/c1-6-7-8-9-15(3,4)11-18-13-12(2)10-17-14(16-5)19-13/h10H,6-9,11H2,1-5H3,(H2,16,17,18,19). The van der Waals surface area contributed by atoms with Crippen molar-refractivity contribution < 1.29 is 0 Å². The molecule has 0 spiro atoms. The predicted octanol–water partition coefficient (Wildman–Crippen LogP) is 3.85. The van der Waals surface area contributed by atoms with Crippen molar-refractivity contribution in [1.82, 2.24) is 9.97 Å². The lowest BCUT2D eigenvalue weighted by Gasteiger charge is -2.25. The van der Waals surface area contributed by atoms with Crippen molar-refractivity contribution in [3.8, 4) is 0 Å². The van der Waals surface area contributed by atoms with Crippen LogP contribution in [0.4, 0.5) is 11.8 Å². The monoisotopic (exact) mass is 264 g/mol. The molecule has 0 fully saturated rings. The highest BCUT2D eigenvalue weighted by Crippen LogP contribution is 2.24. The molecule has 0 aliphatic heterocycles. The summed E-state index contributed by atoms with van der Waals surface area (Å²) in [6.45, 7) is 9.84. The van der Waals surface area contributed by atoms with E-state index in [0.717, 1.165) is 17.9 Å². The van der Waals surface area contributed by atoms with Crippen molar-refractivity contribution in [2.24, 2.45) is 5.41 Å². The maximum Gasteiger partial charge on any atom is 0.224 e. The van der Waals surface area contributed by atoms with Crippen LogP contribution in [0.1, 0.15) is 52.0 Å². The molecule has 19 heavy (non-hydrogen) atoms. The molecule has 4 heteroatoms. The molecule has 0 unspecified atom stereocenters. The van der Waals surface area contributed by atoms with Crippen molar-refractivity contribution in [1.29, 1.82) is 0 Å². The van der Waals surface area contributed by atoms with Crippen LogP contribution >= 0.6 is 0 Å². The van der Waals surface area contributed by atoms with Crippen molar-refractivity contribution >= 4 is 11.8 Å². The molecular weight excluding hydrogens is 236 g/mol. The first-order valence-electron chi connectivity index (χ1n) is 7.24. The average molecular weight is 264 g/mol. The van der Waals surface area contributed by atoms with Gasteiger partial charge in [-0.2, -0.15) is 4.98 Å². The van der Waals surface area contributed by atoms with Gasteiger partial charge < -0.3 is 10.6 Å². The third kappa shape index (κ3) is 5.45. The van der Waals surface area contributed by atoms with Gasteiger partial charge in [-0.3, -0.25) is 0 Å². The minimum atomic E-state index is 0.298. The first-order chi connectivity index (χ1) is 8.98. The number of aryl methyl sites for hydroxylation is 1. The van der Waals surface area contributed by atoms with Crippen LogP contribution in [0.15, 0.2) is 6.20 Å². The predicted molar refractivity (Wildman–Crippen MR) is 82.7 cm³/mol. The van der Waals surface area contributed by atoms with Crippen LogP contribution in [-0.2, 0) is 0 Å². The lowest BCUT2D eigenvalue weighted by atomic mass is 9.87. The second-order valence-electron chi connectivity index (χ2n) is 5.95. The van der Waals surface area contributed by atoms with E-state index in [2.05, 4.69) is 41.4 Å². The largest absolute Gasteiger partial charge is 0.369 e. The van der Waals surface area contributed by atoms with E-state index in [1.165, 1.54) is 25.7 Å². The Hall–Kier alpha value is -1.32. The summed E-state index contributed by atoms with van der Waals surface area (Å²) in [5.74, 6) is 1.60. The zero-order chi connectivity index (χ0) is 14.3. The lowest BCUT2D eigenvalue weighted by molar-refractivity contribution is 0.342. The summed E-state index contributed by atoms with van der Waals surface area (Å²) in [4.78, 5) is 8.66. The van der Waals surface area contributed by atoms with E-state index in [0.29, 0.717) is 11.4 Å². The van der Waals surface area contributed by atoms with E-state index in [1.54, 1.807) is 0 Å². The van der Waals surface area contributed by atoms with Crippen LogP contribution in [-0.4, -0.2) is 23.6 Å². The number of anilines is 2. The highest BCUT2D eigenvalue weighted by molar-refractivity contribution is 5.46. The molecule has 0 aromatic carbocycles. The van der Waals surface area contributed by atoms with Gasteiger partial charge in [0.2, 0.25) is 5.95 Å².